The number of aliphatic carboxylic acids is 4. The van der Waals surface area contributed by atoms with Crippen molar-refractivity contribution in [1.82, 2.24) is 25.0 Å². The van der Waals surface area contributed by atoms with E-state index >= 15 is 0 Å². The predicted octanol–water partition coefficient (Wildman–Crippen LogP) is -2.95. The van der Waals surface area contributed by atoms with Crippen LogP contribution < -0.4 is 16.6 Å². The largest absolute Gasteiger partial charge is 0.480 e. The summed E-state index contributed by atoms with van der Waals surface area (Å²) in [4.78, 5) is 54.2. The number of rotatable bonds is 12. The molecule has 16 heteroatoms. The van der Waals surface area contributed by atoms with E-state index in [9.17, 15) is 19.2 Å². The van der Waals surface area contributed by atoms with Gasteiger partial charge in [-0.05, 0) is 0 Å². The molecule has 0 spiro atoms. The van der Waals surface area contributed by atoms with E-state index in [0.717, 1.165) is 10.0 Å². The van der Waals surface area contributed by atoms with Crippen LogP contribution in [0.5, 0.6) is 0 Å². The number of carboxylic acids is 4. The smallest absolute Gasteiger partial charge is 0.319 e. The molecule has 16 nitrogen and oxygen atoms in total. The van der Waals surface area contributed by atoms with Crippen LogP contribution >= 0.6 is 0 Å². The molecule has 1 aromatic rings. The van der Waals surface area contributed by atoms with Crippen molar-refractivity contribution in [2.75, 3.05) is 42.8 Å². The van der Waals surface area contributed by atoms with Crippen molar-refractivity contribution in [2.45, 2.75) is 0 Å². The number of nitrogens with two attached hydrogens (primary N) is 1. The topological polar surface area (TPSA) is 244 Å². The molecule has 0 radical (unpaired) electrons. The van der Waals surface area contributed by atoms with Gasteiger partial charge in [0.1, 0.15) is 26.2 Å². The van der Waals surface area contributed by atoms with Gasteiger partial charge in [0.25, 0.3) is 0 Å². The number of nitrogen functional groups attached to an aromatic ring is 1. The third kappa shape index (κ3) is 8.74. The number of hydrazine groups is 2. The van der Waals surface area contributed by atoms with Gasteiger partial charge in [-0.2, -0.15) is 25.0 Å². The highest BCUT2D eigenvalue weighted by Crippen LogP contribution is 2.09. The maximum Gasteiger partial charge on any atom is 0.319 e. The molecule has 0 aliphatic rings. The molecular formula is C11H16N8O8. The number of anilines is 3. The standard InChI is InChI=1S/C11H16N8O8/c12-9-13-10(16-18(1-5(20)21)2-6(22)23)15-11(14-9)17-19(3-7(24)25)4-8(26)27/h1-4H2,(H,20,21)(H,22,23)(H,24,25)(H,26,27)(H4,12,13,14,15,16,17). The van der Waals surface area contributed by atoms with Crippen LogP contribution in [0.25, 0.3) is 0 Å². The monoisotopic (exact) mass is 388 g/mol. The quantitative estimate of drug-likeness (QED) is 0.177. The summed E-state index contributed by atoms with van der Waals surface area (Å²) in [6.45, 7) is -2.87. The summed E-state index contributed by atoms with van der Waals surface area (Å²) in [6, 6.07) is 0. The Balaban J connectivity index is 2.99. The SMILES string of the molecule is Nc1nc(NN(CC(=O)O)CC(=O)O)nc(NN(CC(=O)O)CC(=O)O)n1. The first-order valence-corrected chi connectivity index (χ1v) is 6.97. The van der Waals surface area contributed by atoms with E-state index in [0.29, 0.717) is 0 Å². The van der Waals surface area contributed by atoms with Gasteiger partial charge < -0.3 is 26.2 Å². The summed E-state index contributed by atoms with van der Waals surface area (Å²) in [7, 11) is 0. The minimum absolute atomic E-state index is 0.349. The maximum atomic E-state index is 10.8. The number of hydrogen-bond donors (Lipinski definition) is 7. The Bertz CT molecular complexity index is 640. The average Bonchev–Trinajstić information content (AvgIpc) is 2.42. The summed E-state index contributed by atoms with van der Waals surface area (Å²) in [6.07, 6.45) is 0. The predicted molar refractivity (Wildman–Crippen MR) is 85.2 cm³/mol. The van der Waals surface area contributed by atoms with Gasteiger partial charge in [-0.15, -0.1) is 0 Å². The molecule has 0 fully saturated rings. The highest BCUT2D eigenvalue weighted by atomic mass is 16.4. The second kappa shape index (κ2) is 9.63. The molecule has 0 amide bonds. The van der Waals surface area contributed by atoms with Gasteiger partial charge in [-0.3, -0.25) is 30.0 Å². The summed E-state index contributed by atoms with van der Waals surface area (Å²) in [5, 5.41) is 36.7. The van der Waals surface area contributed by atoms with E-state index < -0.39 is 50.1 Å². The summed E-state index contributed by atoms with van der Waals surface area (Å²) < 4.78 is 0. The summed E-state index contributed by atoms with van der Waals surface area (Å²) >= 11 is 0. The lowest BCUT2D eigenvalue weighted by molar-refractivity contribution is -0.143. The number of hydrogen-bond acceptors (Lipinski definition) is 12. The van der Waals surface area contributed by atoms with Crippen LogP contribution in [0.1, 0.15) is 0 Å². The van der Waals surface area contributed by atoms with Crippen molar-refractivity contribution >= 4 is 41.7 Å². The Hall–Kier alpha value is -3.79. The van der Waals surface area contributed by atoms with Gasteiger partial charge in [-0.25, -0.2) is 0 Å². The number of carbonyl (C=O) groups is 4. The lowest BCUT2D eigenvalue weighted by Gasteiger charge is -2.21. The van der Waals surface area contributed by atoms with Gasteiger partial charge in [0, 0.05) is 0 Å². The fraction of sp³-hybridized carbons (Fsp3) is 0.364. The molecule has 0 aliphatic carbocycles. The molecule has 0 unspecified atom stereocenters. The minimum atomic E-state index is -1.33. The van der Waals surface area contributed by atoms with E-state index in [1.165, 1.54) is 0 Å². The van der Waals surface area contributed by atoms with Crippen LogP contribution in [0.15, 0.2) is 0 Å². The van der Waals surface area contributed by atoms with Gasteiger partial charge >= 0.3 is 23.9 Å². The Morgan fingerprint density at radius 1 is 0.704 bits per heavy atom. The highest BCUT2D eigenvalue weighted by molar-refractivity contribution is 5.73. The molecule has 0 bridgehead atoms. The molecule has 0 aliphatic heterocycles. The van der Waals surface area contributed by atoms with Crippen LogP contribution in [0, 0.1) is 0 Å². The van der Waals surface area contributed by atoms with Crippen molar-refractivity contribution in [2.24, 2.45) is 0 Å². The van der Waals surface area contributed by atoms with Crippen molar-refractivity contribution in [3.63, 3.8) is 0 Å². The third-order valence-electron chi connectivity index (χ3n) is 2.47. The van der Waals surface area contributed by atoms with E-state index in [-0.39, 0.29) is 17.8 Å². The molecule has 1 aromatic heterocycles. The minimum Gasteiger partial charge on any atom is -0.480 e. The second-order valence-corrected chi connectivity index (χ2v) is 4.85. The number of nitrogens with one attached hydrogen (secondary N) is 2. The molecule has 0 aromatic carbocycles. The molecule has 8 N–H and O–H groups in total. The molecule has 27 heavy (non-hydrogen) atoms. The van der Waals surface area contributed by atoms with E-state index in [4.69, 9.17) is 26.2 Å². The van der Waals surface area contributed by atoms with Crippen molar-refractivity contribution in [1.29, 1.82) is 0 Å². The first-order valence-electron chi connectivity index (χ1n) is 6.97. The maximum absolute atomic E-state index is 10.8. The molecule has 0 atom stereocenters. The van der Waals surface area contributed by atoms with E-state index in [2.05, 4.69) is 25.8 Å². The Kier molecular flexibility index (Phi) is 7.58. The number of carboxylic acid groups (broad SMARTS) is 4. The zero-order valence-corrected chi connectivity index (χ0v) is 13.6. The van der Waals surface area contributed by atoms with Gasteiger partial charge in [0.05, 0.1) is 0 Å². The van der Waals surface area contributed by atoms with Crippen molar-refractivity contribution in [3.8, 4) is 0 Å². The van der Waals surface area contributed by atoms with Gasteiger partial charge in [0.15, 0.2) is 0 Å². The summed E-state index contributed by atoms with van der Waals surface area (Å²) in [5.41, 5.74) is 10.1. The lowest BCUT2D eigenvalue weighted by Crippen LogP contribution is -2.40. The Labute approximate surface area is 150 Å². The Morgan fingerprint density at radius 2 is 1.00 bits per heavy atom. The Morgan fingerprint density at radius 3 is 1.26 bits per heavy atom. The molecule has 1 heterocycles. The lowest BCUT2D eigenvalue weighted by atomic mass is 10.5. The van der Waals surface area contributed by atoms with E-state index in [1.54, 1.807) is 0 Å². The van der Waals surface area contributed by atoms with E-state index in [1.807, 2.05) is 0 Å². The first kappa shape index (κ1) is 21.3. The van der Waals surface area contributed by atoms with Crippen LogP contribution in [0.2, 0.25) is 0 Å². The summed E-state index contributed by atoms with van der Waals surface area (Å²) in [5.74, 6) is -6.42. The fourth-order valence-corrected chi connectivity index (χ4v) is 1.70. The van der Waals surface area contributed by atoms with Crippen LogP contribution in [-0.2, 0) is 19.2 Å². The highest BCUT2D eigenvalue weighted by Gasteiger charge is 2.18. The first-order chi connectivity index (χ1) is 12.5. The zero-order valence-electron chi connectivity index (χ0n) is 13.6. The van der Waals surface area contributed by atoms with Crippen LogP contribution in [0.3, 0.4) is 0 Å². The van der Waals surface area contributed by atoms with Gasteiger partial charge in [0.2, 0.25) is 17.8 Å². The molecule has 0 saturated heterocycles. The fourth-order valence-electron chi connectivity index (χ4n) is 1.70. The van der Waals surface area contributed by atoms with Crippen molar-refractivity contribution < 1.29 is 39.6 Å². The second-order valence-electron chi connectivity index (χ2n) is 4.85. The van der Waals surface area contributed by atoms with Crippen LogP contribution in [0.4, 0.5) is 17.8 Å². The zero-order chi connectivity index (χ0) is 20.6. The average molecular weight is 388 g/mol. The van der Waals surface area contributed by atoms with Gasteiger partial charge in [-0.1, -0.05) is 0 Å². The molecule has 0 saturated carbocycles. The number of nitrogens with zero attached hydrogens (tertiary/aromatic N) is 5. The third-order valence-corrected chi connectivity index (χ3v) is 2.47. The van der Waals surface area contributed by atoms with Crippen LogP contribution in [-0.4, -0.2) is 95.5 Å². The normalized spacial score (nSPS) is 10.6. The molecule has 148 valence electrons. The van der Waals surface area contributed by atoms with Crippen molar-refractivity contribution in [3.05, 3.63) is 0 Å². The molecule has 1 rings (SSSR count). The molecular weight excluding hydrogens is 372 g/mol. The number of aromatic nitrogens is 3.